The average Bonchev–Trinajstić information content (AvgIpc) is 2.99. The zero-order valence-corrected chi connectivity index (χ0v) is 16.2. The van der Waals surface area contributed by atoms with Crippen LogP contribution in [0.3, 0.4) is 0 Å². The Kier molecular flexibility index (Phi) is 7.42. The molecule has 26 heavy (non-hydrogen) atoms. The van der Waals surface area contributed by atoms with Crippen molar-refractivity contribution in [1.29, 1.82) is 0 Å². The molecule has 1 aromatic carbocycles. The fourth-order valence-electron chi connectivity index (χ4n) is 3.15. The Labute approximate surface area is 156 Å². The van der Waals surface area contributed by atoms with Gasteiger partial charge in [-0.25, -0.2) is 8.42 Å². The van der Waals surface area contributed by atoms with Gasteiger partial charge >= 0.3 is 0 Å². The molecule has 2 rings (SSSR count). The van der Waals surface area contributed by atoms with E-state index in [0.29, 0.717) is 37.0 Å². The van der Waals surface area contributed by atoms with E-state index in [1.54, 1.807) is 30.3 Å². The summed E-state index contributed by atoms with van der Waals surface area (Å²) in [5.74, 6) is 0.0631. The van der Waals surface area contributed by atoms with Crippen molar-refractivity contribution in [2.24, 2.45) is 0 Å². The van der Waals surface area contributed by atoms with E-state index in [4.69, 9.17) is 4.74 Å². The molecule has 3 atom stereocenters. The van der Waals surface area contributed by atoms with E-state index in [1.165, 1.54) is 0 Å². The molecular weight excluding hydrogens is 348 g/mol. The summed E-state index contributed by atoms with van der Waals surface area (Å²) in [6.07, 6.45) is 2.30. The van der Waals surface area contributed by atoms with Crippen LogP contribution in [0.25, 0.3) is 0 Å². The lowest BCUT2D eigenvalue weighted by Crippen LogP contribution is -2.18. The standard InChI is InChI=1S/C21H28O4S/c1-4-16(2)14-18(22)10-11-21-17(3)15-19(25-21)12-13-26(23,24)20-8-6-5-7-9-20/h5-9,18-19,21-22H,1,3,10-15H2,2H3. The minimum atomic E-state index is -3.29. The van der Waals surface area contributed by atoms with E-state index >= 15 is 0 Å². The third-order valence-electron chi connectivity index (χ3n) is 4.72. The quantitative estimate of drug-likeness (QED) is 0.526. The first-order valence-corrected chi connectivity index (χ1v) is 10.6. The number of benzene rings is 1. The molecule has 1 aliphatic rings. The summed E-state index contributed by atoms with van der Waals surface area (Å²) >= 11 is 0. The number of aliphatic hydroxyl groups is 1. The minimum absolute atomic E-state index is 0.0631. The highest BCUT2D eigenvalue weighted by molar-refractivity contribution is 7.91. The molecule has 1 fully saturated rings. The maximum absolute atomic E-state index is 12.4. The molecule has 4 nitrogen and oxygen atoms in total. The maximum atomic E-state index is 12.4. The third kappa shape index (κ3) is 5.96. The van der Waals surface area contributed by atoms with E-state index in [-0.39, 0.29) is 18.0 Å². The highest BCUT2D eigenvalue weighted by Crippen LogP contribution is 2.30. The molecule has 1 heterocycles. The summed E-state index contributed by atoms with van der Waals surface area (Å²) in [5, 5.41) is 10.0. The Hall–Kier alpha value is -1.65. The minimum Gasteiger partial charge on any atom is -0.393 e. The Balaban J connectivity index is 1.81. The maximum Gasteiger partial charge on any atom is 0.178 e. The van der Waals surface area contributed by atoms with Gasteiger partial charge in [0.25, 0.3) is 0 Å². The van der Waals surface area contributed by atoms with Gasteiger partial charge < -0.3 is 9.84 Å². The average molecular weight is 377 g/mol. The molecule has 0 aromatic heterocycles. The number of sulfone groups is 1. The van der Waals surface area contributed by atoms with E-state index in [1.807, 2.05) is 6.92 Å². The lowest BCUT2D eigenvalue weighted by atomic mass is 10.00. The normalized spacial score (nSPS) is 21.4. The van der Waals surface area contributed by atoms with Crippen molar-refractivity contribution in [2.45, 2.75) is 62.2 Å². The van der Waals surface area contributed by atoms with Gasteiger partial charge in [0.1, 0.15) is 0 Å². The van der Waals surface area contributed by atoms with Crippen LogP contribution < -0.4 is 0 Å². The lowest BCUT2D eigenvalue weighted by molar-refractivity contribution is 0.0369. The van der Waals surface area contributed by atoms with Crippen molar-refractivity contribution < 1.29 is 18.3 Å². The fourth-order valence-corrected chi connectivity index (χ4v) is 4.53. The van der Waals surface area contributed by atoms with Crippen molar-refractivity contribution in [3.05, 3.63) is 60.4 Å². The Morgan fingerprint density at radius 1 is 1.35 bits per heavy atom. The fraction of sp³-hybridized carbons (Fsp3) is 0.476. The third-order valence-corrected chi connectivity index (χ3v) is 6.48. The Morgan fingerprint density at radius 2 is 2.04 bits per heavy atom. The van der Waals surface area contributed by atoms with E-state index in [0.717, 1.165) is 11.1 Å². The molecule has 3 unspecified atom stereocenters. The summed E-state index contributed by atoms with van der Waals surface area (Å²) in [4.78, 5) is 0.349. The van der Waals surface area contributed by atoms with Gasteiger partial charge in [0.2, 0.25) is 0 Å². The van der Waals surface area contributed by atoms with Crippen LogP contribution in [-0.4, -0.2) is 37.6 Å². The molecule has 0 saturated carbocycles. The zero-order chi connectivity index (χ0) is 19.2. The smallest absolute Gasteiger partial charge is 0.178 e. The van der Waals surface area contributed by atoms with Gasteiger partial charge in [-0.3, -0.25) is 0 Å². The summed E-state index contributed by atoms with van der Waals surface area (Å²) in [5.41, 5.74) is 4.70. The van der Waals surface area contributed by atoms with Crippen LogP contribution in [0.5, 0.6) is 0 Å². The van der Waals surface area contributed by atoms with Gasteiger partial charge in [0, 0.05) is 6.42 Å². The van der Waals surface area contributed by atoms with Crippen molar-refractivity contribution in [3.63, 3.8) is 0 Å². The van der Waals surface area contributed by atoms with Crippen molar-refractivity contribution in [1.82, 2.24) is 0 Å². The van der Waals surface area contributed by atoms with Gasteiger partial charge in [0.15, 0.2) is 9.84 Å². The van der Waals surface area contributed by atoms with Crippen LogP contribution in [0.4, 0.5) is 0 Å². The summed E-state index contributed by atoms with van der Waals surface area (Å²) in [6.45, 7) is 9.53. The van der Waals surface area contributed by atoms with Gasteiger partial charge in [-0.2, -0.15) is 0 Å². The predicted octanol–water partition coefficient (Wildman–Crippen LogP) is 3.83. The largest absolute Gasteiger partial charge is 0.393 e. The number of hydrogen-bond acceptors (Lipinski definition) is 4. The highest BCUT2D eigenvalue weighted by atomic mass is 32.2. The molecule has 0 radical (unpaired) electrons. The lowest BCUT2D eigenvalue weighted by Gasteiger charge is -2.16. The highest BCUT2D eigenvalue weighted by Gasteiger charge is 2.30. The van der Waals surface area contributed by atoms with Crippen LogP contribution in [-0.2, 0) is 14.6 Å². The van der Waals surface area contributed by atoms with Gasteiger partial charge in [-0.15, -0.1) is 5.73 Å². The van der Waals surface area contributed by atoms with Gasteiger partial charge in [-0.1, -0.05) is 31.4 Å². The van der Waals surface area contributed by atoms with E-state index < -0.39 is 15.9 Å². The Morgan fingerprint density at radius 3 is 2.69 bits per heavy atom. The molecule has 5 heteroatoms. The zero-order valence-electron chi connectivity index (χ0n) is 15.4. The van der Waals surface area contributed by atoms with E-state index in [9.17, 15) is 13.5 Å². The van der Waals surface area contributed by atoms with Crippen LogP contribution in [0.15, 0.2) is 65.3 Å². The number of hydrogen-bond donors (Lipinski definition) is 1. The van der Waals surface area contributed by atoms with Gasteiger partial charge in [0.05, 0.1) is 29.0 Å². The number of ether oxygens (including phenoxy) is 1. The SMILES string of the molecule is C=C=C(C)CC(O)CCC1OC(CCS(=O)(=O)c2ccccc2)CC1=C. The van der Waals surface area contributed by atoms with E-state index in [2.05, 4.69) is 18.9 Å². The molecule has 0 spiro atoms. The molecule has 1 saturated heterocycles. The van der Waals surface area contributed by atoms with Crippen molar-refractivity contribution in [2.75, 3.05) is 5.75 Å². The predicted molar refractivity (Wildman–Crippen MR) is 104 cm³/mol. The summed E-state index contributed by atoms with van der Waals surface area (Å²) in [6, 6.07) is 8.49. The number of rotatable bonds is 9. The first kappa shape index (κ1) is 20.7. The first-order valence-electron chi connectivity index (χ1n) is 8.96. The molecule has 0 aliphatic carbocycles. The second-order valence-corrected chi connectivity index (χ2v) is 9.03. The van der Waals surface area contributed by atoms with Crippen LogP contribution in [0.2, 0.25) is 0 Å². The van der Waals surface area contributed by atoms with Gasteiger partial charge in [-0.05, 0) is 55.9 Å². The summed E-state index contributed by atoms with van der Waals surface area (Å²) < 4.78 is 30.7. The second kappa shape index (κ2) is 9.33. The van der Waals surface area contributed by atoms with Crippen LogP contribution in [0.1, 0.15) is 39.0 Å². The topological polar surface area (TPSA) is 63.6 Å². The van der Waals surface area contributed by atoms with Crippen LogP contribution >= 0.6 is 0 Å². The molecule has 0 amide bonds. The molecular formula is C21H28O4S. The molecule has 1 aromatic rings. The Bertz CT molecular complexity index is 760. The monoisotopic (exact) mass is 376 g/mol. The number of aliphatic hydroxyl groups excluding tert-OH is 1. The summed E-state index contributed by atoms with van der Waals surface area (Å²) in [7, 11) is -3.29. The van der Waals surface area contributed by atoms with Crippen molar-refractivity contribution >= 4 is 9.84 Å². The molecule has 142 valence electrons. The van der Waals surface area contributed by atoms with Crippen molar-refractivity contribution in [3.8, 4) is 0 Å². The first-order chi connectivity index (χ1) is 12.3. The second-order valence-electron chi connectivity index (χ2n) is 6.92. The molecule has 1 aliphatic heterocycles. The molecule has 1 N–H and O–H groups in total. The molecule has 0 bridgehead atoms. The van der Waals surface area contributed by atoms with Crippen LogP contribution in [0, 0.1) is 0 Å².